The molecule has 2 N–H and O–H groups in total. The van der Waals surface area contributed by atoms with Gasteiger partial charge in [0, 0.05) is 28.0 Å². The number of hydrogen-bond acceptors (Lipinski definition) is 3. The van der Waals surface area contributed by atoms with Crippen LogP contribution in [0.2, 0.25) is 5.02 Å². The van der Waals surface area contributed by atoms with Crippen molar-refractivity contribution in [2.24, 2.45) is 5.73 Å². The molecule has 0 aliphatic heterocycles. The van der Waals surface area contributed by atoms with Crippen LogP contribution in [0.1, 0.15) is 51.2 Å². The van der Waals surface area contributed by atoms with Gasteiger partial charge in [-0.2, -0.15) is 0 Å². The fourth-order valence-corrected chi connectivity index (χ4v) is 4.39. The number of aromatic nitrogens is 1. The van der Waals surface area contributed by atoms with Gasteiger partial charge in [0.25, 0.3) is 5.91 Å². The number of aryl methyl sites for hydroxylation is 1. The molecule has 0 saturated heterocycles. The Morgan fingerprint density at radius 1 is 1.19 bits per heavy atom. The summed E-state index contributed by atoms with van der Waals surface area (Å²) in [6, 6.07) is 13.4. The fourth-order valence-electron chi connectivity index (χ4n) is 4.18. The summed E-state index contributed by atoms with van der Waals surface area (Å²) < 4.78 is 14.5. The van der Waals surface area contributed by atoms with Crippen molar-refractivity contribution in [2.45, 2.75) is 31.8 Å². The molecule has 2 amide bonds. The van der Waals surface area contributed by atoms with Crippen LogP contribution in [0, 0.1) is 12.7 Å². The van der Waals surface area contributed by atoms with Crippen LogP contribution in [0.3, 0.4) is 0 Å². The lowest BCUT2D eigenvalue weighted by atomic mass is 9.98. The average Bonchev–Trinajstić information content (AvgIpc) is 3.16. The molecule has 1 aliphatic carbocycles. The molecule has 31 heavy (non-hydrogen) atoms. The number of carbonyl (C=O) groups is 2. The van der Waals surface area contributed by atoms with Crippen LogP contribution in [0.15, 0.2) is 60.8 Å². The minimum absolute atomic E-state index is 0.239. The largest absolute Gasteiger partial charge is 0.368 e. The third-order valence-electron chi connectivity index (χ3n) is 5.61. The Morgan fingerprint density at radius 2 is 1.94 bits per heavy atom. The first kappa shape index (κ1) is 21.0. The number of pyridine rings is 1. The highest BCUT2D eigenvalue weighted by Gasteiger charge is 2.40. The number of benzene rings is 2. The molecular weight excluding hydrogens is 417 g/mol. The standard InChI is InChI=1S/C24H21ClFN3O2/c1-14-7-8-16(13-28-14)22(23(27)30)29(24(31)15-5-3-2-4-6-15)21-10-9-18-19(21)11-17(25)12-20(18)26/h2-8,11-13,21-22H,9-10H2,1H3,(H2,27,30)/t21-,22?/m1/s1. The van der Waals surface area contributed by atoms with Gasteiger partial charge < -0.3 is 10.6 Å². The molecule has 2 aromatic carbocycles. The molecule has 1 heterocycles. The van der Waals surface area contributed by atoms with E-state index in [0.29, 0.717) is 35.1 Å². The molecule has 0 bridgehead atoms. The van der Waals surface area contributed by atoms with E-state index in [1.54, 1.807) is 54.7 Å². The number of hydrogen-bond donors (Lipinski definition) is 1. The number of nitrogens with zero attached hydrogens (tertiary/aromatic N) is 2. The average molecular weight is 438 g/mol. The molecule has 0 radical (unpaired) electrons. The molecule has 1 aromatic heterocycles. The molecule has 5 nitrogen and oxygen atoms in total. The van der Waals surface area contributed by atoms with Crippen LogP contribution in [0.25, 0.3) is 0 Å². The van der Waals surface area contributed by atoms with Crippen LogP contribution < -0.4 is 5.73 Å². The fraction of sp³-hybridized carbons (Fsp3) is 0.208. The lowest BCUT2D eigenvalue weighted by Crippen LogP contribution is -2.43. The van der Waals surface area contributed by atoms with Gasteiger partial charge in [-0.3, -0.25) is 14.6 Å². The number of fused-ring (bicyclic) bond motifs is 1. The van der Waals surface area contributed by atoms with Crippen molar-refractivity contribution < 1.29 is 14.0 Å². The lowest BCUT2D eigenvalue weighted by molar-refractivity contribution is -0.123. The van der Waals surface area contributed by atoms with E-state index in [1.807, 2.05) is 6.92 Å². The normalized spacial score (nSPS) is 15.9. The Hall–Kier alpha value is -3.25. The third-order valence-corrected chi connectivity index (χ3v) is 5.83. The van der Waals surface area contributed by atoms with Gasteiger partial charge in [-0.1, -0.05) is 35.9 Å². The maximum Gasteiger partial charge on any atom is 0.255 e. The predicted molar refractivity (Wildman–Crippen MR) is 116 cm³/mol. The van der Waals surface area contributed by atoms with Crippen LogP contribution in [0.5, 0.6) is 0 Å². The van der Waals surface area contributed by atoms with E-state index in [4.69, 9.17) is 17.3 Å². The second-order valence-corrected chi connectivity index (χ2v) is 8.06. The molecule has 4 rings (SSSR count). The zero-order chi connectivity index (χ0) is 22.1. The van der Waals surface area contributed by atoms with Crippen molar-refractivity contribution in [1.82, 2.24) is 9.88 Å². The Balaban J connectivity index is 1.88. The third kappa shape index (κ3) is 4.03. The monoisotopic (exact) mass is 437 g/mol. The summed E-state index contributed by atoms with van der Waals surface area (Å²) in [5.74, 6) is -1.47. The quantitative estimate of drug-likeness (QED) is 0.636. The highest BCUT2D eigenvalue weighted by Crippen LogP contribution is 2.43. The molecule has 0 saturated carbocycles. The molecule has 7 heteroatoms. The van der Waals surface area contributed by atoms with E-state index in [-0.39, 0.29) is 10.9 Å². The smallest absolute Gasteiger partial charge is 0.255 e. The first-order chi connectivity index (χ1) is 14.9. The Kier molecular flexibility index (Phi) is 5.74. The van der Waals surface area contributed by atoms with Crippen LogP contribution in [-0.4, -0.2) is 21.7 Å². The Morgan fingerprint density at radius 3 is 2.58 bits per heavy atom. The summed E-state index contributed by atoms with van der Waals surface area (Å²) in [6.45, 7) is 1.83. The van der Waals surface area contributed by atoms with Crippen molar-refractivity contribution in [3.63, 3.8) is 0 Å². The first-order valence-corrected chi connectivity index (χ1v) is 10.3. The van der Waals surface area contributed by atoms with Crippen molar-refractivity contribution in [3.05, 3.63) is 99.6 Å². The Labute approximate surface area is 184 Å². The minimum Gasteiger partial charge on any atom is -0.368 e. The molecule has 0 fully saturated rings. The lowest BCUT2D eigenvalue weighted by Gasteiger charge is -2.35. The number of primary amides is 1. The van der Waals surface area contributed by atoms with Crippen LogP contribution in [0.4, 0.5) is 4.39 Å². The van der Waals surface area contributed by atoms with Gasteiger partial charge >= 0.3 is 0 Å². The molecule has 3 aromatic rings. The van der Waals surface area contributed by atoms with Gasteiger partial charge in [0.1, 0.15) is 11.9 Å². The molecule has 2 atom stereocenters. The second-order valence-electron chi connectivity index (χ2n) is 7.63. The summed E-state index contributed by atoms with van der Waals surface area (Å²) in [6.07, 6.45) is 2.43. The van der Waals surface area contributed by atoms with Gasteiger partial charge in [0.05, 0.1) is 6.04 Å². The second kappa shape index (κ2) is 8.47. The van der Waals surface area contributed by atoms with Crippen molar-refractivity contribution in [3.8, 4) is 0 Å². The summed E-state index contributed by atoms with van der Waals surface area (Å²) >= 11 is 6.13. The van der Waals surface area contributed by atoms with Gasteiger partial charge in [-0.05, 0) is 61.2 Å². The Bertz CT molecular complexity index is 1140. The highest BCUT2D eigenvalue weighted by atomic mass is 35.5. The zero-order valence-corrected chi connectivity index (χ0v) is 17.6. The minimum atomic E-state index is -1.07. The molecule has 0 spiro atoms. The van der Waals surface area contributed by atoms with E-state index in [1.165, 1.54) is 11.0 Å². The van der Waals surface area contributed by atoms with Crippen molar-refractivity contribution in [2.75, 3.05) is 0 Å². The van der Waals surface area contributed by atoms with E-state index >= 15 is 0 Å². The topological polar surface area (TPSA) is 76.3 Å². The first-order valence-electron chi connectivity index (χ1n) is 9.94. The van der Waals surface area contributed by atoms with E-state index in [2.05, 4.69) is 4.98 Å². The molecule has 1 aliphatic rings. The number of carbonyl (C=O) groups excluding carboxylic acids is 2. The number of nitrogens with two attached hydrogens (primary N) is 1. The summed E-state index contributed by atoms with van der Waals surface area (Å²) in [7, 11) is 0. The van der Waals surface area contributed by atoms with E-state index in [0.717, 1.165) is 5.69 Å². The van der Waals surface area contributed by atoms with E-state index in [9.17, 15) is 14.0 Å². The number of amides is 2. The maximum atomic E-state index is 14.5. The van der Waals surface area contributed by atoms with Gasteiger partial charge in [-0.15, -0.1) is 0 Å². The number of rotatable bonds is 5. The van der Waals surface area contributed by atoms with Crippen molar-refractivity contribution in [1.29, 1.82) is 0 Å². The SMILES string of the molecule is Cc1ccc(C(C(N)=O)N(C(=O)c2ccccc2)[C@@H]2CCc3c(F)cc(Cl)cc32)cn1. The maximum absolute atomic E-state index is 14.5. The van der Waals surface area contributed by atoms with Gasteiger partial charge in [0.15, 0.2) is 0 Å². The summed E-state index contributed by atoms with van der Waals surface area (Å²) in [5.41, 5.74) is 8.59. The molecule has 158 valence electrons. The van der Waals surface area contributed by atoms with E-state index < -0.39 is 23.8 Å². The number of halogens is 2. The van der Waals surface area contributed by atoms with Gasteiger partial charge in [0.2, 0.25) is 5.91 Å². The van der Waals surface area contributed by atoms with Crippen LogP contribution in [-0.2, 0) is 11.2 Å². The summed E-state index contributed by atoms with van der Waals surface area (Å²) in [5, 5.41) is 0.239. The highest BCUT2D eigenvalue weighted by molar-refractivity contribution is 6.30. The predicted octanol–water partition coefficient (Wildman–Crippen LogP) is 4.54. The summed E-state index contributed by atoms with van der Waals surface area (Å²) in [4.78, 5) is 32.1. The van der Waals surface area contributed by atoms with Crippen molar-refractivity contribution >= 4 is 23.4 Å². The molecular formula is C24H21ClFN3O2. The zero-order valence-electron chi connectivity index (χ0n) is 16.9. The van der Waals surface area contributed by atoms with Crippen LogP contribution >= 0.6 is 11.6 Å². The van der Waals surface area contributed by atoms with Gasteiger partial charge in [-0.25, -0.2) is 4.39 Å². The molecule has 1 unspecified atom stereocenters.